The van der Waals surface area contributed by atoms with Crippen LogP contribution in [0.1, 0.15) is 32.3 Å². The fraction of sp³-hybridized carbons (Fsp3) is 0.368. The molecule has 0 radical (unpaired) electrons. The molecule has 6 heteroatoms. The van der Waals surface area contributed by atoms with Gasteiger partial charge in [-0.05, 0) is 38.5 Å². The summed E-state index contributed by atoms with van der Waals surface area (Å²) in [5.74, 6) is -1.09. The Morgan fingerprint density at radius 1 is 1.16 bits per heavy atom. The van der Waals surface area contributed by atoms with Crippen molar-refractivity contribution in [3.05, 3.63) is 52.4 Å². The first-order chi connectivity index (χ1) is 11.9. The zero-order valence-electron chi connectivity index (χ0n) is 15.0. The molecule has 1 aliphatic rings. The number of carbonyl (C=O) groups is 2. The van der Waals surface area contributed by atoms with Gasteiger partial charge in [0.05, 0.1) is 12.2 Å². The van der Waals surface area contributed by atoms with Crippen LogP contribution in [0.25, 0.3) is 0 Å². The summed E-state index contributed by atoms with van der Waals surface area (Å²) in [4.78, 5) is 25.0. The molecule has 0 spiro atoms. The SMILES string of the molecule is COCCOC(=O)C1=C(C)NC(C)=C(C(C)=O)C1c1cccc(N)c1. The Morgan fingerprint density at radius 3 is 2.44 bits per heavy atom. The lowest BCUT2D eigenvalue weighted by Gasteiger charge is -2.30. The Hall–Kier alpha value is -2.60. The molecule has 2 rings (SSSR count). The van der Waals surface area contributed by atoms with Gasteiger partial charge in [0.25, 0.3) is 0 Å². The van der Waals surface area contributed by atoms with Crippen LogP contribution >= 0.6 is 0 Å². The van der Waals surface area contributed by atoms with E-state index in [9.17, 15) is 9.59 Å². The number of methoxy groups -OCH3 is 1. The molecule has 1 aromatic carbocycles. The monoisotopic (exact) mass is 344 g/mol. The van der Waals surface area contributed by atoms with E-state index in [0.29, 0.717) is 29.1 Å². The average Bonchev–Trinajstić information content (AvgIpc) is 2.53. The molecule has 3 N–H and O–H groups in total. The largest absolute Gasteiger partial charge is 0.460 e. The molecule has 0 fully saturated rings. The number of dihydropyridines is 1. The lowest BCUT2D eigenvalue weighted by atomic mass is 9.79. The van der Waals surface area contributed by atoms with Gasteiger partial charge in [0.2, 0.25) is 0 Å². The standard InChI is InChI=1S/C19H24N2O4/c1-11-16(13(3)22)18(14-6-5-7-15(20)10-14)17(12(2)21-11)19(23)25-9-8-24-4/h5-7,10,18,21H,8-9,20H2,1-4H3. The smallest absolute Gasteiger partial charge is 0.336 e. The molecular formula is C19H24N2O4. The molecule has 0 amide bonds. The Bertz CT molecular complexity index is 750. The number of esters is 1. The van der Waals surface area contributed by atoms with Gasteiger partial charge in [0.15, 0.2) is 5.78 Å². The summed E-state index contributed by atoms with van der Waals surface area (Å²) < 4.78 is 10.2. The fourth-order valence-electron chi connectivity index (χ4n) is 3.10. The number of nitrogens with one attached hydrogen (secondary N) is 1. The number of rotatable bonds is 6. The second-order valence-corrected chi connectivity index (χ2v) is 5.99. The highest BCUT2D eigenvalue weighted by atomic mass is 16.6. The van der Waals surface area contributed by atoms with Crippen LogP contribution in [0.3, 0.4) is 0 Å². The molecule has 1 heterocycles. The van der Waals surface area contributed by atoms with Gasteiger partial charge in [-0.25, -0.2) is 4.79 Å². The highest BCUT2D eigenvalue weighted by molar-refractivity contribution is 6.02. The van der Waals surface area contributed by atoms with Crippen molar-refractivity contribution in [2.75, 3.05) is 26.1 Å². The van der Waals surface area contributed by atoms with Crippen molar-refractivity contribution in [3.63, 3.8) is 0 Å². The van der Waals surface area contributed by atoms with E-state index in [1.165, 1.54) is 14.0 Å². The maximum Gasteiger partial charge on any atom is 0.336 e. The van der Waals surface area contributed by atoms with Crippen molar-refractivity contribution in [3.8, 4) is 0 Å². The molecule has 0 aromatic heterocycles. The number of nitrogen functional groups attached to an aromatic ring is 1. The fourth-order valence-corrected chi connectivity index (χ4v) is 3.10. The molecular weight excluding hydrogens is 320 g/mol. The van der Waals surface area contributed by atoms with Gasteiger partial charge in [0.1, 0.15) is 6.61 Å². The minimum absolute atomic E-state index is 0.105. The van der Waals surface area contributed by atoms with Gasteiger partial charge in [-0.1, -0.05) is 12.1 Å². The zero-order chi connectivity index (χ0) is 18.6. The molecule has 6 nitrogen and oxygen atoms in total. The van der Waals surface area contributed by atoms with E-state index in [4.69, 9.17) is 15.2 Å². The lowest BCUT2D eigenvalue weighted by Crippen LogP contribution is -2.31. The summed E-state index contributed by atoms with van der Waals surface area (Å²) in [7, 11) is 1.54. The summed E-state index contributed by atoms with van der Waals surface area (Å²) in [5, 5.41) is 3.12. The van der Waals surface area contributed by atoms with Crippen LogP contribution in [-0.2, 0) is 19.1 Å². The van der Waals surface area contributed by atoms with Crippen LogP contribution in [0.2, 0.25) is 0 Å². The number of benzene rings is 1. The quantitative estimate of drug-likeness (QED) is 0.467. The van der Waals surface area contributed by atoms with Crippen LogP contribution in [0, 0.1) is 0 Å². The third-order valence-electron chi connectivity index (χ3n) is 4.12. The van der Waals surface area contributed by atoms with Crippen LogP contribution in [0.4, 0.5) is 5.69 Å². The van der Waals surface area contributed by atoms with E-state index in [0.717, 1.165) is 11.3 Å². The summed E-state index contributed by atoms with van der Waals surface area (Å²) in [5.41, 5.74) is 9.61. The van der Waals surface area contributed by atoms with Gasteiger partial charge < -0.3 is 20.5 Å². The van der Waals surface area contributed by atoms with Gasteiger partial charge in [0, 0.05) is 35.7 Å². The predicted molar refractivity (Wildman–Crippen MR) is 95.6 cm³/mol. The number of nitrogens with two attached hydrogens (primary N) is 1. The lowest BCUT2D eigenvalue weighted by molar-refractivity contribution is -0.140. The Morgan fingerprint density at radius 2 is 1.84 bits per heavy atom. The number of ketones is 1. The highest BCUT2D eigenvalue weighted by Crippen LogP contribution is 2.39. The van der Waals surface area contributed by atoms with Gasteiger partial charge in [-0.3, -0.25) is 4.79 Å². The molecule has 0 bridgehead atoms. The topological polar surface area (TPSA) is 90.6 Å². The molecule has 1 unspecified atom stereocenters. The average molecular weight is 344 g/mol. The Balaban J connectivity index is 2.52. The number of ether oxygens (including phenoxy) is 2. The predicted octanol–water partition coefficient (Wildman–Crippen LogP) is 2.28. The number of carbonyl (C=O) groups excluding carboxylic acids is 2. The van der Waals surface area contributed by atoms with E-state index in [-0.39, 0.29) is 12.4 Å². The van der Waals surface area contributed by atoms with Crippen molar-refractivity contribution in [1.82, 2.24) is 5.32 Å². The number of allylic oxidation sites excluding steroid dienone is 3. The van der Waals surface area contributed by atoms with E-state index in [1.807, 2.05) is 19.1 Å². The maximum atomic E-state index is 12.7. The molecule has 1 atom stereocenters. The summed E-state index contributed by atoms with van der Waals surface area (Å²) >= 11 is 0. The van der Waals surface area contributed by atoms with Gasteiger partial charge in [-0.15, -0.1) is 0 Å². The van der Waals surface area contributed by atoms with E-state index >= 15 is 0 Å². The van der Waals surface area contributed by atoms with Crippen LogP contribution < -0.4 is 11.1 Å². The van der Waals surface area contributed by atoms with E-state index in [2.05, 4.69) is 5.32 Å². The first-order valence-corrected chi connectivity index (χ1v) is 8.07. The van der Waals surface area contributed by atoms with Crippen LogP contribution in [0.15, 0.2) is 46.8 Å². The summed E-state index contributed by atoms with van der Waals surface area (Å²) in [6, 6.07) is 7.21. The normalized spacial score (nSPS) is 17.4. The molecule has 0 saturated carbocycles. The van der Waals surface area contributed by atoms with Crippen molar-refractivity contribution in [2.45, 2.75) is 26.7 Å². The van der Waals surface area contributed by atoms with Crippen molar-refractivity contribution < 1.29 is 19.1 Å². The second-order valence-electron chi connectivity index (χ2n) is 5.99. The number of hydrogen-bond acceptors (Lipinski definition) is 6. The molecule has 1 aromatic rings. The Labute approximate surface area is 147 Å². The molecule has 134 valence electrons. The summed E-state index contributed by atoms with van der Waals surface area (Å²) in [6.07, 6.45) is 0. The molecule has 1 aliphatic heterocycles. The van der Waals surface area contributed by atoms with E-state index < -0.39 is 11.9 Å². The second kappa shape index (κ2) is 7.98. The van der Waals surface area contributed by atoms with Crippen LogP contribution in [-0.4, -0.2) is 32.1 Å². The molecule has 25 heavy (non-hydrogen) atoms. The van der Waals surface area contributed by atoms with E-state index in [1.54, 1.807) is 19.1 Å². The van der Waals surface area contributed by atoms with Gasteiger partial charge >= 0.3 is 5.97 Å². The minimum Gasteiger partial charge on any atom is -0.460 e. The van der Waals surface area contributed by atoms with Crippen molar-refractivity contribution >= 4 is 17.4 Å². The summed E-state index contributed by atoms with van der Waals surface area (Å²) in [6.45, 7) is 5.57. The number of Topliss-reactive ketones (excluding diaryl/α,β-unsaturated/α-hetero) is 1. The first kappa shape index (κ1) is 18.7. The van der Waals surface area contributed by atoms with Crippen molar-refractivity contribution in [2.24, 2.45) is 0 Å². The number of anilines is 1. The van der Waals surface area contributed by atoms with Crippen LogP contribution in [0.5, 0.6) is 0 Å². The zero-order valence-corrected chi connectivity index (χ0v) is 15.0. The van der Waals surface area contributed by atoms with Crippen molar-refractivity contribution in [1.29, 1.82) is 0 Å². The molecule has 0 saturated heterocycles. The minimum atomic E-state index is -0.516. The highest BCUT2D eigenvalue weighted by Gasteiger charge is 2.35. The third-order valence-corrected chi connectivity index (χ3v) is 4.12. The number of hydrogen-bond donors (Lipinski definition) is 2. The maximum absolute atomic E-state index is 12.7. The Kier molecular flexibility index (Phi) is 5.98. The van der Waals surface area contributed by atoms with Gasteiger partial charge in [-0.2, -0.15) is 0 Å². The first-order valence-electron chi connectivity index (χ1n) is 8.07. The third kappa shape index (κ3) is 4.09. The molecule has 0 aliphatic carbocycles.